The molecule has 0 fully saturated rings. The second-order valence-electron chi connectivity index (χ2n) is 9.75. The molecule has 5 aromatic carbocycles. The van der Waals surface area contributed by atoms with Crippen molar-refractivity contribution >= 4 is 28.7 Å². The Morgan fingerprint density at radius 1 is 0.459 bits per heavy atom. The summed E-state index contributed by atoms with van der Waals surface area (Å²) >= 11 is 0. The molecule has 0 aromatic heterocycles. The lowest BCUT2D eigenvalue weighted by molar-refractivity contribution is 1.23. The van der Waals surface area contributed by atoms with Gasteiger partial charge in [0.2, 0.25) is 0 Å². The summed E-state index contributed by atoms with van der Waals surface area (Å²) in [6.07, 6.45) is 2.28. The van der Waals surface area contributed by atoms with Gasteiger partial charge in [-0.25, -0.2) is 0 Å². The van der Waals surface area contributed by atoms with E-state index in [1.807, 2.05) is 0 Å². The van der Waals surface area contributed by atoms with Gasteiger partial charge in [-0.2, -0.15) is 0 Å². The van der Waals surface area contributed by atoms with E-state index in [0.29, 0.717) is 0 Å². The molecule has 0 aliphatic heterocycles. The highest BCUT2D eigenvalue weighted by Gasteiger charge is 2.14. The molecule has 0 aliphatic carbocycles. The van der Waals surface area contributed by atoms with Crippen LogP contribution in [0.4, 0.5) is 17.1 Å². The van der Waals surface area contributed by atoms with Crippen LogP contribution in [0.25, 0.3) is 11.6 Å². The van der Waals surface area contributed by atoms with Crippen molar-refractivity contribution in [2.45, 2.75) is 27.7 Å². The van der Waals surface area contributed by atoms with E-state index in [4.69, 9.17) is 0 Å². The average molecular weight is 480 g/mol. The second kappa shape index (κ2) is 10.7. The first-order valence-corrected chi connectivity index (χ1v) is 12.9. The average Bonchev–Trinajstić information content (AvgIpc) is 2.93. The number of hydrogen-bond acceptors (Lipinski definition) is 1. The fourth-order valence-electron chi connectivity index (χ4n) is 4.63. The highest BCUT2D eigenvalue weighted by Crippen LogP contribution is 2.37. The molecule has 0 amide bonds. The fourth-order valence-corrected chi connectivity index (χ4v) is 4.63. The smallest absolute Gasteiger partial charge is 0.0464 e. The van der Waals surface area contributed by atoms with Crippen molar-refractivity contribution < 1.29 is 0 Å². The molecule has 182 valence electrons. The maximum atomic E-state index is 2.35. The molecule has 0 aliphatic rings. The number of anilines is 3. The second-order valence-corrected chi connectivity index (χ2v) is 9.75. The van der Waals surface area contributed by atoms with Gasteiger partial charge in [0.25, 0.3) is 0 Å². The molecule has 0 N–H and O–H groups in total. The van der Waals surface area contributed by atoms with E-state index >= 15 is 0 Å². The molecule has 0 radical (unpaired) electrons. The Balaban J connectivity index is 1.58. The zero-order valence-corrected chi connectivity index (χ0v) is 22.1. The highest BCUT2D eigenvalue weighted by molar-refractivity contribution is 5.91. The van der Waals surface area contributed by atoms with Crippen molar-refractivity contribution in [3.8, 4) is 0 Å². The SMILES string of the molecule is Cc1ccc(N(c2ccc(C=C(c3ccccc3)c3ccccc3)cc2)c2ccc(C)c(C)c2)cc1C. The molecular weight excluding hydrogens is 446 g/mol. The molecule has 5 aromatic rings. The van der Waals surface area contributed by atoms with E-state index < -0.39 is 0 Å². The zero-order chi connectivity index (χ0) is 25.8. The third-order valence-electron chi connectivity index (χ3n) is 7.13. The van der Waals surface area contributed by atoms with Gasteiger partial charge in [-0.1, -0.05) is 84.9 Å². The third-order valence-corrected chi connectivity index (χ3v) is 7.13. The van der Waals surface area contributed by atoms with Gasteiger partial charge in [0.15, 0.2) is 0 Å². The van der Waals surface area contributed by atoms with E-state index in [1.54, 1.807) is 0 Å². The largest absolute Gasteiger partial charge is 0.310 e. The summed E-state index contributed by atoms with van der Waals surface area (Å²) in [4.78, 5) is 2.35. The molecule has 0 unspecified atom stereocenters. The Labute approximate surface area is 221 Å². The van der Waals surface area contributed by atoms with Crippen LogP contribution in [-0.2, 0) is 0 Å². The van der Waals surface area contributed by atoms with Gasteiger partial charge in [0, 0.05) is 17.1 Å². The van der Waals surface area contributed by atoms with Crippen molar-refractivity contribution in [3.63, 3.8) is 0 Å². The minimum Gasteiger partial charge on any atom is -0.310 e. The summed E-state index contributed by atoms with van der Waals surface area (Å²) in [6.45, 7) is 8.69. The third kappa shape index (κ3) is 5.42. The van der Waals surface area contributed by atoms with E-state index in [1.165, 1.54) is 55.9 Å². The van der Waals surface area contributed by atoms with Crippen molar-refractivity contribution in [2.75, 3.05) is 4.90 Å². The molecule has 0 bridgehead atoms. The van der Waals surface area contributed by atoms with Crippen LogP contribution in [-0.4, -0.2) is 0 Å². The van der Waals surface area contributed by atoms with Crippen molar-refractivity contribution in [1.82, 2.24) is 0 Å². The van der Waals surface area contributed by atoms with E-state index in [2.05, 4.69) is 160 Å². The summed E-state index contributed by atoms with van der Waals surface area (Å²) in [6, 6.07) is 43.5. The fraction of sp³-hybridized carbons (Fsp3) is 0.111. The van der Waals surface area contributed by atoms with Crippen LogP contribution < -0.4 is 4.90 Å². The maximum absolute atomic E-state index is 2.35. The van der Waals surface area contributed by atoms with Gasteiger partial charge < -0.3 is 4.90 Å². The Kier molecular flexibility index (Phi) is 7.05. The lowest BCUT2D eigenvalue weighted by Gasteiger charge is -2.27. The Morgan fingerprint density at radius 3 is 1.32 bits per heavy atom. The van der Waals surface area contributed by atoms with Gasteiger partial charge in [-0.3, -0.25) is 0 Å². The predicted molar refractivity (Wildman–Crippen MR) is 160 cm³/mol. The summed E-state index contributed by atoms with van der Waals surface area (Å²) < 4.78 is 0. The van der Waals surface area contributed by atoms with Gasteiger partial charge in [0.05, 0.1) is 0 Å². The summed E-state index contributed by atoms with van der Waals surface area (Å²) in [5.74, 6) is 0. The van der Waals surface area contributed by atoms with Gasteiger partial charge in [0.1, 0.15) is 0 Å². The highest BCUT2D eigenvalue weighted by atomic mass is 15.1. The van der Waals surface area contributed by atoms with E-state index in [9.17, 15) is 0 Å². The summed E-state index contributed by atoms with van der Waals surface area (Å²) in [7, 11) is 0. The van der Waals surface area contributed by atoms with Crippen LogP contribution in [0.2, 0.25) is 0 Å². The molecule has 0 spiro atoms. The van der Waals surface area contributed by atoms with Gasteiger partial charge in [-0.15, -0.1) is 0 Å². The molecule has 0 saturated carbocycles. The number of rotatable bonds is 6. The maximum Gasteiger partial charge on any atom is 0.0464 e. The molecule has 1 nitrogen and oxygen atoms in total. The standard InChI is InChI=1S/C36H33N/c1-26-15-19-34(23-28(26)3)37(35-20-16-27(2)29(4)24-35)33-21-17-30(18-22-33)25-36(31-11-7-5-8-12-31)32-13-9-6-10-14-32/h5-25H,1-4H3. The van der Waals surface area contributed by atoms with Crippen molar-refractivity contribution in [1.29, 1.82) is 0 Å². The topological polar surface area (TPSA) is 3.24 Å². The lowest BCUT2D eigenvalue weighted by atomic mass is 9.95. The minimum atomic E-state index is 1.14. The number of aryl methyl sites for hydroxylation is 4. The first kappa shape index (κ1) is 24.3. The van der Waals surface area contributed by atoms with Crippen LogP contribution in [0.15, 0.2) is 121 Å². The van der Waals surface area contributed by atoms with Crippen LogP contribution in [0.5, 0.6) is 0 Å². The van der Waals surface area contributed by atoms with Gasteiger partial charge >= 0.3 is 0 Å². The molecule has 0 saturated heterocycles. The van der Waals surface area contributed by atoms with E-state index in [0.717, 1.165) is 5.69 Å². The van der Waals surface area contributed by atoms with Crippen LogP contribution in [0.1, 0.15) is 38.9 Å². The number of nitrogens with zero attached hydrogens (tertiary/aromatic N) is 1. The first-order valence-electron chi connectivity index (χ1n) is 12.9. The Hall–Kier alpha value is -4.36. The van der Waals surface area contributed by atoms with Crippen LogP contribution in [0, 0.1) is 27.7 Å². The van der Waals surface area contributed by atoms with Crippen LogP contribution in [0.3, 0.4) is 0 Å². The van der Waals surface area contributed by atoms with Crippen molar-refractivity contribution in [2.24, 2.45) is 0 Å². The molecule has 0 atom stereocenters. The van der Waals surface area contributed by atoms with Crippen molar-refractivity contribution in [3.05, 3.63) is 160 Å². The Bertz CT molecular complexity index is 1430. The Morgan fingerprint density at radius 2 is 0.892 bits per heavy atom. The summed E-state index contributed by atoms with van der Waals surface area (Å²) in [5.41, 5.74) is 13.5. The number of benzene rings is 5. The molecule has 5 rings (SSSR count). The molecule has 37 heavy (non-hydrogen) atoms. The minimum absolute atomic E-state index is 1.14. The first-order chi connectivity index (χ1) is 18.0. The van der Waals surface area contributed by atoms with E-state index in [-0.39, 0.29) is 0 Å². The number of hydrogen-bond donors (Lipinski definition) is 0. The quantitative estimate of drug-likeness (QED) is 0.219. The predicted octanol–water partition coefficient (Wildman–Crippen LogP) is 9.98. The van der Waals surface area contributed by atoms with Crippen LogP contribution >= 0.6 is 0 Å². The molecule has 0 heterocycles. The van der Waals surface area contributed by atoms with Gasteiger partial charge in [-0.05, 0) is 115 Å². The summed E-state index contributed by atoms with van der Waals surface area (Å²) in [5, 5.41) is 0. The monoisotopic (exact) mass is 479 g/mol. The normalized spacial score (nSPS) is 10.7. The molecule has 1 heteroatoms. The lowest BCUT2D eigenvalue weighted by Crippen LogP contribution is -2.10. The zero-order valence-electron chi connectivity index (χ0n) is 22.1. The molecular formula is C36H33N.